The van der Waals surface area contributed by atoms with Gasteiger partial charge in [0.15, 0.2) is 0 Å². The van der Waals surface area contributed by atoms with Gasteiger partial charge in [0, 0.05) is 22.7 Å². The molecule has 0 unspecified atom stereocenters. The van der Waals surface area contributed by atoms with Crippen molar-refractivity contribution in [3.05, 3.63) is 28.2 Å². The predicted molar refractivity (Wildman–Crippen MR) is 75.1 cm³/mol. The summed E-state index contributed by atoms with van der Waals surface area (Å²) in [7, 11) is 0. The second kappa shape index (κ2) is 6.26. The second-order valence-electron chi connectivity index (χ2n) is 4.19. The normalized spacial score (nSPS) is 10.9. The van der Waals surface area contributed by atoms with Gasteiger partial charge >= 0.3 is 0 Å². The van der Waals surface area contributed by atoms with Crippen LogP contribution in [0, 0.1) is 0 Å². The molecule has 0 spiro atoms. The molecule has 3 heteroatoms. The van der Waals surface area contributed by atoms with Gasteiger partial charge in [-0.2, -0.15) is 0 Å². The quantitative estimate of drug-likeness (QED) is 0.900. The largest absolute Gasteiger partial charge is 0.369 e. The fourth-order valence-electron chi connectivity index (χ4n) is 1.92. The van der Waals surface area contributed by atoms with Crippen LogP contribution < -0.4 is 10.6 Å². The molecule has 0 aliphatic heterocycles. The Balaban J connectivity index is 2.95. The third-order valence-electron chi connectivity index (χ3n) is 2.75. The van der Waals surface area contributed by atoms with E-state index in [-0.39, 0.29) is 0 Å². The number of anilines is 1. The first-order chi connectivity index (χ1) is 7.60. The van der Waals surface area contributed by atoms with Crippen LogP contribution in [-0.2, 0) is 6.42 Å². The molecule has 0 radical (unpaired) electrons. The molecule has 1 aromatic rings. The van der Waals surface area contributed by atoms with Crippen LogP contribution in [0.1, 0.15) is 26.3 Å². The third-order valence-corrected chi connectivity index (χ3v) is 3.48. The number of nitrogens with zero attached hydrogens (tertiary/aromatic N) is 1. The number of nitrogens with two attached hydrogens (primary N) is 1. The number of hydrogen-bond acceptors (Lipinski definition) is 2. The molecule has 90 valence electrons. The van der Waals surface area contributed by atoms with Crippen molar-refractivity contribution >= 4 is 21.6 Å². The molecule has 0 heterocycles. The molecule has 2 nitrogen and oxygen atoms in total. The first-order valence-electron chi connectivity index (χ1n) is 5.85. The Hall–Kier alpha value is -0.540. The molecule has 0 atom stereocenters. The van der Waals surface area contributed by atoms with Crippen LogP contribution in [0.4, 0.5) is 5.69 Å². The van der Waals surface area contributed by atoms with E-state index in [2.05, 4.69) is 59.8 Å². The summed E-state index contributed by atoms with van der Waals surface area (Å²) in [5, 5.41) is 0. The lowest BCUT2D eigenvalue weighted by Gasteiger charge is -2.28. The predicted octanol–water partition coefficient (Wildman–Crippen LogP) is 3.19. The maximum atomic E-state index is 5.57. The summed E-state index contributed by atoms with van der Waals surface area (Å²) in [6.45, 7) is 8.33. The Labute approximate surface area is 107 Å². The lowest BCUT2D eigenvalue weighted by atomic mass is 10.1. The van der Waals surface area contributed by atoms with Gasteiger partial charge in [0.1, 0.15) is 0 Å². The van der Waals surface area contributed by atoms with Crippen molar-refractivity contribution in [2.75, 3.05) is 18.0 Å². The van der Waals surface area contributed by atoms with E-state index in [1.807, 2.05) is 0 Å². The van der Waals surface area contributed by atoms with E-state index in [0.717, 1.165) is 17.4 Å². The van der Waals surface area contributed by atoms with Crippen molar-refractivity contribution < 1.29 is 0 Å². The fraction of sp³-hybridized carbons (Fsp3) is 0.538. The highest BCUT2D eigenvalue weighted by Gasteiger charge is 2.09. The molecular weight excluding hydrogens is 264 g/mol. The van der Waals surface area contributed by atoms with Gasteiger partial charge in [-0.15, -0.1) is 0 Å². The molecule has 0 saturated carbocycles. The Morgan fingerprint density at radius 2 is 2.06 bits per heavy atom. The van der Waals surface area contributed by atoms with Crippen molar-refractivity contribution in [2.45, 2.75) is 33.2 Å². The number of rotatable bonds is 5. The SMILES string of the molecule is CCN(c1ccc(CCN)c(Br)c1)C(C)C. The van der Waals surface area contributed by atoms with Crippen LogP contribution in [0.2, 0.25) is 0 Å². The van der Waals surface area contributed by atoms with Gasteiger partial charge in [0.05, 0.1) is 0 Å². The van der Waals surface area contributed by atoms with Gasteiger partial charge < -0.3 is 10.6 Å². The molecule has 0 bridgehead atoms. The first kappa shape index (κ1) is 13.5. The van der Waals surface area contributed by atoms with Crippen LogP contribution in [0.5, 0.6) is 0 Å². The van der Waals surface area contributed by atoms with E-state index >= 15 is 0 Å². The Morgan fingerprint density at radius 1 is 1.38 bits per heavy atom. The van der Waals surface area contributed by atoms with E-state index in [0.29, 0.717) is 12.6 Å². The monoisotopic (exact) mass is 284 g/mol. The van der Waals surface area contributed by atoms with Gasteiger partial charge in [-0.1, -0.05) is 22.0 Å². The molecule has 0 saturated heterocycles. The second-order valence-corrected chi connectivity index (χ2v) is 5.05. The molecular formula is C13H21BrN2. The maximum Gasteiger partial charge on any atom is 0.0379 e. The van der Waals surface area contributed by atoms with Crippen molar-refractivity contribution in [1.82, 2.24) is 0 Å². The van der Waals surface area contributed by atoms with E-state index in [1.54, 1.807) is 0 Å². The Bertz CT molecular complexity index is 337. The summed E-state index contributed by atoms with van der Waals surface area (Å²) in [6, 6.07) is 7.06. The van der Waals surface area contributed by atoms with E-state index in [4.69, 9.17) is 5.73 Å². The highest BCUT2D eigenvalue weighted by atomic mass is 79.9. The summed E-state index contributed by atoms with van der Waals surface area (Å²) in [4.78, 5) is 2.37. The van der Waals surface area contributed by atoms with Gasteiger partial charge in [0.25, 0.3) is 0 Å². The van der Waals surface area contributed by atoms with E-state index in [9.17, 15) is 0 Å². The van der Waals surface area contributed by atoms with Gasteiger partial charge in [-0.25, -0.2) is 0 Å². The molecule has 1 rings (SSSR count). The zero-order valence-corrected chi connectivity index (χ0v) is 11.9. The molecule has 1 aromatic carbocycles. The lowest BCUT2D eigenvalue weighted by Crippen LogP contribution is -2.30. The summed E-state index contributed by atoms with van der Waals surface area (Å²) in [5.74, 6) is 0. The smallest absolute Gasteiger partial charge is 0.0379 e. The van der Waals surface area contributed by atoms with Crippen molar-refractivity contribution in [2.24, 2.45) is 5.73 Å². The molecule has 0 amide bonds. The minimum Gasteiger partial charge on any atom is -0.369 e. The highest BCUT2D eigenvalue weighted by Crippen LogP contribution is 2.25. The molecule has 0 aliphatic carbocycles. The summed E-state index contributed by atoms with van der Waals surface area (Å²) in [6.07, 6.45) is 0.925. The minimum absolute atomic E-state index is 0.525. The Kier molecular flexibility index (Phi) is 5.29. The average Bonchev–Trinajstić information content (AvgIpc) is 2.22. The van der Waals surface area contributed by atoms with Gasteiger partial charge in [-0.3, -0.25) is 0 Å². The molecule has 2 N–H and O–H groups in total. The Morgan fingerprint density at radius 3 is 2.50 bits per heavy atom. The molecule has 16 heavy (non-hydrogen) atoms. The fourth-order valence-corrected chi connectivity index (χ4v) is 2.48. The standard InChI is InChI=1S/C13H21BrN2/c1-4-16(10(2)3)12-6-5-11(7-8-15)13(14)9-12/h5-6,9-10H,4,7-8,15H2,1-3H3. The van der Waals surface area contributed by atoms with E-state index in [1.165, 1.54) is 11.3 Å². The zero-order valence-electron chi connectivity index (χ0n) is 10.3. The summed E-state index contributed by atoms with van der Waals surface area (Å²) >= 11 is 3.61. The number of hydrogen-bond donors (Lipinski definition) is 1. The number of benzene rings is 1. The summed E-state index contributed by atoms with van der Waals surface area (Å²) in [5.41, 5.74) is 8.12. The zero-order chi connectivity index (χ0) is 12.1. The summed E-state index contributed by atoms with van der Waals surface area (Å²) < 4.78 is 1.16. The third kappa shape index (κ3) is 3.22. The molecule has 0 aliphatic rings. The van der Waals surface area contributed by atoms with Crippen LogP contribution in [0.25, 0.3) is 0 Å². The van der Waals surface area contributed by atoms with Gasteiger partial charge in [0.2, 0.25) is 0 Å². The van der Waals surface area contributed by atoms with Crippen LogP contribution in [-0.4, -0.2) is 19.1 Å². The lowest BCUT2D eigenvalue weighted by molar-refractivity contribution is 0.703. The van der Waals surface area contributed by atoms with Crippen LogP contribution in [0.3, 0.4) is 0 Å². The number of halogens is 1. The van der Waals surface area contributed by atoms with Gasteiger partial charge in [-0.05, 0) is 51.4 Å². The maximum absolute atomic E-state index is 5.57. The average molecular weight is 285 g/mol. The van der Waals surface area contributed by atoms with Crippen molar-refractivity contribution in [3.8, 4) is 0 Å². The van der Waals surface area contributed by atoms with Crippen molar-refractivity contribution in [1.29, 1.82) is 0 Å². The topological polar surface area (TPSA) is 29.3 Å². The molecule has 0 aromatic heterocycles. The van der Waals surface area contributed by atoms with Crippen molar-refractivity contribution in [3.63, 3.8) is 0 Å². The van der Waals surface area contributed by atoms with Crippen LogP contribution in [0.15, 0.2) is 22.7 Å². The molecule has 0 fully saturated rings. The highest BCUT2D eigenvalue weighted by molar-refractivity contribution is 9.10. The first-order valence-corrected chi connectivity index (χ1v) is 6.64. The van der Waals surface area contributed by atoms with E-state index < -0.39 is 0 Å². The van der Waals surface area contributed by atoms with Crippen LogP contribution >= 0.6 is 15.9 Å². The minimum atomic E-state index is 0.525.